The minimum absolute atomic E-state index is 0.0259. The molecule has 126 valence electrons. The Bertz CT molecular complexity index is 853. The zero-order valence-corrected chi connectivity index (χ0v) is 15.0. The number of aromatic nitrogens is 1. The normalized spacial score (nSPS) is 19.0. The van der Waals surface area contributed by atoms with E-state index in [4.69, 9.17) is 4.74 Å². The highest BCUT2D eigenvalue weighted by molar-refractivity contribution is 9.10. The average molecular weight is 411 g/mol. The molecule has 8 heteroatoms. The zero-order chi connectivity index (χ0) is 17.2. The minimum Gasteiger partial charge on any atom is -0.438 e. The monoisotopic (exact) mass is 410 g/mol. The Morgan fingerprint density at radius 1 is 1.25 bits per heavy atom. The Hall–Kier alpha value is -1.93. The van der Waals surface area contributed by atoms with E-state index in [9.17, 15) is 13.2 Å². The van der Waals surface area contributed by atoms with Crippen LogP contribution in [0.2, 0.25) is 0 Å². The van der Waals surface area contributed by atoms with Gasteiger partial charge in [0.1, 0.15) is 11.3 Å². The standard InChI is InChI=1S/C16H15BrN2O4S/c17-11-3-5-13(6-4-11)23-16-14(2-1-8-18-16)15(20)19-12-7-9-24(21,22)10-12/h1-6,8,12H,7,9-10H2,(H,19,20). The van der Waals surface area contributed by atoms with Crippen molar-refractivity contribution in [3.8, 4) is 11.6 Å². The van der Waals surface area contributed by atoms with Crippen molar-refractivity contribution in [2.24, 2.45) is 0 Å². The highest BCUT2D eigenvalue weighted by Gasteiger charge is 2.29. The molecule has 2 heterocycles. The van der Waals surface area contributed by atoms with Crippen molar-refractivity contribution in [1.29, 1.82) is 0 Å². The van der Waals surface area contributed by atoms with Gasteiger partial charge in [-0.15, -0.1) is 0 Å². The van der Waals surface area contributed by atoms with E-state index in [2.05, 4.69) is 26.2 Å². The van der Waals surface area contributed by atoms with Crippen LogP contribution < -0.4 is 10.1 Å². The first-order valence-corrected chi connectivity index (χ1v) is 9.94. The maximum Gasteiger partial charge on any atom is 0.257 e. The number of rotatable bonds is 4. The fourth-order valence-corrected chi connectivity index (χ4v) is 4.37. The van der Waals surface area contributed by atoms with Gasteiger partial charge >= 0.3 is 0 Å². The van der Waals surface area contributed by atoms with E-state index in [1.54, 1.807) is 24.3 Å². The summed E-state index contributed by atoms with van der Waals surface area (Å²) in [5.74, 6) is 0.416. The van der Waals surface area contributed by atoms with Gasteiger partial charge in [0.25, 0.3) is 5.91 Å². The summed E-state index contributed by atoms with van der Waals surface area (Å²) in [6.07, 6.45) is 1.96. The molecule has 0 aliphatic carbocycles. The van der Waals surface area contributed by atoms with Gasteiger partial charge in [-0.05, 0) is 42.8 Å². The zero-order valence-electron chi connectivity index (χ0n) is 12.6. The lowest BCUT2D eigenvalue weighted by molar-refractivity contribution is 0.0938. The Labute approximate surface area is 148 Å². The van der Waals surface area contributed by atoms with Crippen molar-refractivity contribution in [1.82, 2.24) is 10.3 Å². The van der Waals surface area contributed by atoms with E-state index >= 15 is 0 Å². The van der Waals surface area contributed by atoms with Crippen LogP contribution in [0.3, 0.4) is 0 Å². The van der Waals surface area contributed by atoms with Crippen molar-refractivity contribution in [2.75, 3.05) is 11.5 Å². The molecule has 1 aliphatic heterocycles. The number of carbonyl (C=O) groups is 1. The molecule has 1 aliphatic rings. The van der Waals surface area contributed by atoms with E-state index in [-0.39, 0.29) is 29.0 Å². The maximum atomic E-state index is 12.4. The molecule has 1 saturated heterocycles. The number of nitrogens with one attached hydrogen (secondary N) is 1. The second-order valence-corrected chi connectivity index (χ2v) is 8.63. The van der Waals surface area contributed by atoms with Crippen LogP contribution in [0.4, 0.5) is 0 Å². The third-order valence-electron chi connectivity index (χ3n) is 3.61. The van der Waals surface area contributed by atoms with Gasteiger partial charge < -0.3 is 10.1 Å². The van der Waals surface area contributed by atoms with Crippen molar-refractivity contribution in [3.05, 3.63) is 52.6 Å². The molecular weight excluding hydrogens is 396 g/mol. The lowest BCUT2D eigenvalue weighted by Crippen LogP contribution is -2.35. The Balaban J connectivity index is 1.76. The highest BCUT2D eigenvalue weighted by atomic mass is 79.9. The number of benzene rings is 1. The maximum absolute atomic E-state index is 12.4. The van der Waals surface area contributed by atoms with Crippen LogP contribution in [0.25, 0.3) is 0 Å². The van der Waals surface area contributed by atoms with Gasteiger partial charge in [-0.25, -0.2) is 13.4 Å². The number of amides is 1. The number of nitrogens with zero attached hydrogens (tertiary/aromatic N) is 1. The lowest BCUT2D eigenvalue weighted by atomic mass is 10.2. The van der Waals surface area contributed by atoms with E-state index in [1.807, 2.05) is 12.1 Å². The third-order valence-corrected chi connectivity index (χ3v) is 5.91. The average Bonchev–Trinajstić information content (AvgIpc) is 2.89. The lowest BCUT2D eigenvalue weighted by Gasteiger charge is -2.13. The molecule has 0 radical (unpaired) electrons. The molecule has 1 aromatic heterocycles. The molecule has 1 N–H and O–H groups in total. The molecule has 1 unspecified atom stereocenters. The Morgan fingerprint density at radius 3 is 2.67 bits per heavy atom. The molecule has 0 spiro atoms. The van der Waals surface area contributed by atoms with Gasteiger partial charge in [0.15, 0.2) is 9.84 Å². The second-order valence-electron chi connectivity index (χ2n) is 5.49. The second kappa shape index (κ2) is 6.90. The van der Waals surface area contributed by atoms with Gasteiger partial charge in [-0.3, -0.25) is 4.79 Å². The van der Waals surface area contributed by atoms with Crippen molar-refractivity contribution in [3.63, 3.8) is 0 Å². The number of halogens is 1. The third kappa shape index (κ3) is 4.12. The van der Waals surface area contributed by atoms with Gasteiger partial charge in [0.05, 0.1) is 11.5 Å². The van der Waals surface area contributed by atoms with Crippen LogP contribution in [0.15, 0.2) is 47.1 Å². The van der Waals surface area contributed by atoms with Crippen LogP contribution in [0.5, 0.6) is 11.6 Å². The van der Waals surface area contributed by atoms with E-state index < -0.39 is 15.7 Å². The summed E-state index contributed by atoms with van der Waals surface area (Å²) in [5.41, 5.74) is 0.268. The number of pyridine rings is 1. The number of hydrogen-bond acceptors (Lipinski definition) is 5. The molecular formula is C16H15BrN2O4S. The van der Waals surface area contributed by atoms with E-state index in [0.29, 0.717) is 12.2 Å². The van der Waals surface area contributed by atoms with E-state index in [1.165, 1.54) is 6.20 Å². The Morgan fingerprint density at radius 2 is 2.00 bits per heavy atom. The molecule has 0 saturated carbocycles. The first kappa shape index (κ1) is 16.9. The first-order chi connectivity index (χ1) is 11.4. The quantitative estimate of drug-likeness (QED) is 0.836. The molecule has 6 nitrogen and oxygen atoms in total. The number of carbonyl (C=O) groups excluding carboxylic acids is 1. The van der Waals surface area contributed by atoms with Gasteiger partial charge in [-0.1, -0.05) is 15.9 Å². The molecule has 1 aromatic carbocycles. The minimum atomic E-state index is -3.05. The molecule has 0 bridgehead atoms. The predicted octanol–water partition coefficient (Wildman–Crippen LogP) is 2.55. The van der Waals surface area contributed by atoms with Gasteiger partial charge in [0.2, 0.25) is 5.88 Å². The summed E-state index contributed by atoms with van der Waals surface area (Å²) in [6.45, 7) is 0. The Kier molecular flexibility index (Phi) is 4.86. The number of ether oxygens (including phenoxy) is 1. The van der Waals surface area contributed by atoms with Crippen LogP contribution >= 0.6 is 15.9 Å². The van der Waals surface area contributed by atoms with E-state index in [0.717, 1.165) is 4.47 Å². The molecule has 1 amide bonds. The SMILES string of the molecule is O=C(NC1CCS(=O)(=O)C1)c1cccnc1Oc1ccc(Br)cc1. The number of sulfone groups is 1. The van der Waals surface area contributed by atoms with Crippen LogP contribution in [-0.2, 0) is 9.84 Å². The molecule has 3 rings (SSSR count). The van der Waals surface area contributed by atoms with Crippen LogP contribution in [0, 0.1) is 0 Å². The summed E-state index contributed by atoms with van der Waals surface area (Å²) < 4.78 is 29.6. The predicted molar refractivity (Wildman–Crippen MR) is 93.0 cm³/mol. The van der Waals surface area contributed by atoms with Crippen molar-refractivity contribution < 1.29 is 17.9 Å². The van der Waals surface area contributed by atoms with Crippen LogP contribution in [-0.4, -0.2) is 36.9 Å². The number of hydrogen-bond donors (Lipinski definition) is 1. The molecule has 1 fully saturated rings. The first-order valence-electron chi connectivity index (χ1n) is 7.33. The van der Waals surface area contributed by atoms with Crippen molar-refractivity contribution >= 4 is 31.7 Å². The smallest absolute Gasteiger partial charge is 0.257 e. The van der Waals surface area contributed by atoms with Crippen LogP contribution in [0.1, 0.15) is 16.8 Å². The fourth-order valence-electron chi connectivity index (χ4n) is 2.43. The van der Waals surface area contributed by atoms with Gasteiger partial charge in [0, 0.05) is 16.7 Å². The highest BCUT2D eigenvalue weighted by Crippen LogP contribution is 2.24. The largest absolute Gasteiger partial charge is 0.438 e. The summed E-state index contributed by atoms with van der Waals surface area (Å²) in [4.78, 5) is 16.6. The summed E-state index contributed by atoms with van der Waals surface area (Å²) >= 11 is 3.34. The summed E-state index contributed by atoms with van der Waals surface area (Å²) in [5, 5.41) is 2.74. The molecule has 2 aromatic rings. The van der Waals surface area contributed by atoms with Crippen molar-refractivity contribution in [2.45, 2.75) is 12.5 Å². The fraction of sp³-hybridized carbons (Fsp3) is 0.250. The molecule has 24 heavy (non-hydrogen) atoms. The topological polar surface area (TPSA) is 85.4 Å². The summed E-state index contributed by atoms with van der Waals surface area (Å²) in [6, 6.07) is 10.0. The summed E-state index contributed by atoms with van der Waals surface area (Å²) in [7, 11) is -3.05. The molecule has 1 atom stereocenters. The van der Waals surface area contributed by atoms with Gasteiger partial charge in [-0.2, -0.15) is 0 Å².